The SMILES string of the molecule is COC(=O)c1ccccc1OC(=O)c1cc(OC)cc(OC)c1. The van der Waals surface area contributed by atoms with Gasteiger partial charge >= 0.3 is 11.9 Å². The first-order chi connectivity index (χ1) is 11.1. The van der Waals surface area contributed by atoms with Gasteiger partial charge in [-0.15, -0.1) is 0 Å². The molecule has 0 amide bonds. The molecule has 0 spiro atoms. The van der Waals surface area contributed by atoms with Gasteiger partial charge in [0.1, 0.15) is 22.8 Å². The van der Waals surface area contributed by atoms with Crippen LogP contribution < -0.4 is 14.2 Å². The average Bonchev–Trinajstić information content (AvgIpc) is 2.60. The van der Waals surface area contributed by atoms with E-state index in [0.717, 1.165) is 0 Å². The first-order valence-corrected chi connectivity index (χ1v) is 6.71. The highest BCUT2D eigenvalue weighted by atomic mass is 16.5. The molecule has 0 heterocycles. The van der Waals surface area contributed by atoms with Crippen molar-refractivity contribution in [3.63, 3.8) is 0 Å². The van der Waals surface area contributed by atoms with Crippen molar-refractivity contribution in [1.29, 1.82) is 0 Å². The highest BCUT2D eigenvalue weighted by molar-refractivity contribution is 5.96. The van der Waals surface area contributed by atoms with Gasteiger partial charge in [-0.25, -0.2) is 9.59 Å². The molecule has 0 saturated carbocycles. The lowest BCUT2D eigenvalue weighted by Crippen LogP contribution is -2.12. The third kappa shape index (κ3) is 3.79. The van der Waals surface area contributed by atoms with Crippen molar-refractivity contribution in [2.75, 3.05) is 21.3 Å². The Morgan fingerprint density at radius 3 is 2.00 bits per heavy atom. The molecule has 2 rings (SSSR count). The van der Waals surface area contributed by atoms with E-state index >= 15 is 0 Å². The number of carbonyl (C=O) groups is 2. The van der Waals surface area contributed by atoms with Gasteiger partial charge in [-0.05, 0) is 24.3 Å². The van der Waals surface area contributed by atoms with Crippen molar-refractivity contribution < 1.29 is 28.5 Å². The number of methoxy groups -OCH3 is 3. The molecule has 0 fully saturated rings. The first kappa shape index (κ1) is 16.4. The van der Waals surface area contributed by atoms with Crippen LogP contribution in [0.2, 0.25) is 0 Å². The van der Waals surface area contributed by atoms with Crippen molar-refractivity contribution in [1.82, 2.24) is 0 Å². The predicted molar refractivity (Wildman–Crippen MR) is 82.3 cm³/mol. The Morgan fingerprint density at radius 2 is 1.43 bits per heavy atom. The van der Waals surface area contributed by atoms with Crippen LogP contribution in [0, 0.1) is 0 Å². The quantitative estimate of drug-likeness (QED) is 0.624. The minimum absolute atomic E-state index is 0.117. The maximum Gasteiger partial charge on any atom is 0.343 e. The molecule has 0 atom stereocenters. The topological polar surface area (TPSA) is 71.1 Å². The fourth-order valence-electron chi connectivity index (χ4n) is 1.92. The van der Waals surface area contributed by atoms with E-state index in [1.54, 1.807) is 18.2 Å². The largest absolute Gasteiger partial charge is 0.497 e. The molecule has 0 aliphatic carbocycles. The average molecular weight is 316 g/mol. The standard InChI is InChI=1S/C17H16O6/c1-20-12-8-11(9-13(10-12)21-2)16(18)23-15-7-5-4-6-14(15)17(19)22-3/h4-10H,1-3H3. The van der Waals surface area contributed by atoms with Gasteiger partial charge in [-0.2, -0.15) is 0 Å². The van der Waals surface area contributed by atoms with Crippen molar-refractivity contribution >= 4 is 11.9 Å². The number of carbonyl (C=O) groups excluding carboxylic acids is 2. The van der Waals surface area contributed by atoms with Crippen LogP contribution in [-0.4, -0.2) is 33.3 Å². The monoisotopic (exact) mass is 316 g/mol. The van der Waals surface area contributed by atoms with E-state index < -0.39 is 11.9 Å². The van der Waals surface area contributed by atoms with E-state index in [-0.39, 0.29) is 16.9 Å². The Hall–Kier alpha value is -3.02. The maximum absolute atomic E-state index is 12.3. The predicted octanol–water partition coefficient (Wildman–Crippen LogP) is 2.71. The second-order valence-electron chi connectivity index (χ2n) is 4.48. The summed E-state index contributed by atoms with van der Waals surface area (Å²) in [5.74, 6) is -0.198. The van der Waals surface area contributed by atoms with Gasteiger partial charge in [0.25, 0.3) is 0 Å². The Kier molecular flexibility index (Phi) is 5.19. The van der Waals surface area contributed by atoms with Crippen LogP contribution in [0.4, 0.5) is 0 Å². The summed E-state index contributed by atoms with van der Waals surface area (Å²) in [5, 5.41) is 0. The van der Waals surface area contributed by atoms with Gasteiger partial charge in [0, 0.05) is 6.07 Å². The van der Waals surface area contributed by atoms with Gasteiger partial charge < -0.3 is 18.9 Å². The number of benzene rings is 2. The molecule has 6 heteroatoms. The summed E-state index contributed by atoms with van der Waals surface area (Å²) in [6.07, 6.45) is 0. The van der Waals surface area contributed by atoms with Crippen LogP contribution >= 0.6 is 0 Å². The summed E-state index contributed by atoms with van der Waals surface area (Å²) in [6.45, 7) is 0. The number of ether oxygens (including phenoxy) is 4. The molecular formula is C17H16O6. The zero-order valence-electron chi connectivity index (χ0n) is 13.0. The van der Waals surface area contributed by atoms with Crippen molar-refractivity contribution in [2.45, 2.75) is 0 Å². The maximum atomic E-state index is 12.3. The van der Waals surface area contributed by atoms with E-state index in [0.29, 0.717) is 11.5 Å². The molecule has 6 nitrogen and oxygen atoms in total. The normalized spacial score (nSPS) is 9.87. The fraction of sp³-hybridized carbons (Fsp3) is 0.176. The highest BCUT2D eigenvalue weighted by Crippen LogP contribution is 2.25. The van der Waals surface area contributed by atoms with Gasteiger partial charge in [-0.3, -0.25) is 0 Å². The molecule has 0 N–H and O–H groups in total. The molecule has 0 radical (unpaired) electrons. The van der Waals surface area contributed by atoms with Gasteiger partial charge in [-0.1, -0.05) is 12.1 Å². The van der Waals surface area contributed by atoms with Gasteiger partial charge in [0.05, 0.1) is 26.9 Å². The van der Waals surface area contributed by atoms with Gasteiger partial charge in [0.2, 0.25) is 0 Å². The smallest absolute Gasteiger partial charge is 0.343 e. The van der Waals surface area contributed by atoms with E-state index in [1.807, 2.05) is 0 Å². The summed E-state index contributed by atoms with van der Waals surface area (Å²) < 4.78 is 20.2. The van der Waals surface area contributed by atoms with E-state index in [2.05, 4.69) is 4.74 Å². The lowest BCUT2D eigenvalue weighted by atomic mass is 10.2. The molecule has 0 aliphatic rings. The Morgan fingerprint density at radius 1 is 0.826 bits per heavy atom. The van der Waals surface area contributed by atoms with E-state index in [1.165, 1.54) is 45.6 Å². The molecule has 0 bridgehead atoms. The van der Waals surface area contributed by atoms with Crippen LogP contribution in [0.3, 0.4) is 0 Å². The molecule has 0 unspecified atom stereocenters. The second-order valence-corrected chi connectivity index (χ2v) is 4.48. The Labute approximate surface area is 133 Å². The minimum Gasteiger partial charge on any atom is -0.497 e. The number of hydrogen-bond donors (Lipinski definition) is 0. The van der Waals surface area contributed by atoms with Crippen molar-refractivity contribution in [2.24, 2.45) is 0 Å². The molecule has 2 aromatic rings. The van der Waals surface area contributed by atoms with Crippen LogP contribution in [0.5, 0.6) is 17.2 Å². The zero-order chi connectivity index (χ0) is 16.8. The first-order valence-electron chi connectivity index (χ1n) is 6.71. The highest BCUT2D eigenvalue weighted by Gasteiger charge is 2.17. The molecule has 0 aliphatic heterocycles. The van der Waals surface area contributed by atoms with Crippen LogP contribution in [0.15, 0.2) is 42.5 Å². The van der Waals surface area contributed by atoms with Crippen LogP contribution in [0.1, 0.15) is 20.7 Å². The van der Waals surface area contributed by atoms with Crippen molar-refractivity contribution in [3.05, 3.63) is 53.6 Å². The number of rotatable bonds is 5. The minimum atomic E-state index is -0.640. The van der Waals surface area contributed by atoms with Crippen LogP contribution in [-0.2, 0) is 4.74 Å². The lowest BCUT2D eigenvalue weighted by Gasteiger charge is -2.10. The molecule has 120 valence electrons. The molecule has 0 aromatic heterocycles. The van der Waals surface area contributed by atoms with E-state index in [4.69, 9.17) is 14.2 Å². The summed E-state index contributed by atoms with van der Waals surface area (Å²) in [6, 6.07) is 11.0. The number of para-hydroxylation sites is 1. The summed E-state index contributed by atoms with van der Waals surface area (Å²) in [7, 11) is 4.22. The summed E-state index contributed by atoms with van der Waals surface area (Å²) in [5.41, 5.74) is 0.402. The Balaban J connectivity index is 2.31. The third-order valence-corrected chi connectivity index (χ3v) is 3.08. The Bertz CT molecular complexity index is 701. The van der Waals surface area contributed by atoms with Crippen molar-refractivity contribution in [3.8, 4) is 17.2 Å². The van der Waals surface area contributed by atoms with Crippen LogP contribution in [0.25, 0.3) is 0 Å². The second kappa shape index (κ2) is 7.31. The molecule has 23 heavy (non-hydrogen) atoms. The summed E-state index contributed by atoms with van der Waals surface area (Å²) >= 11 is 0. The number of esters is 2. The number of hydrogen-bond acceptors (Lipinski definition) is 6. The molecule has 2 aromatic carbocycles. The fourth-order valence-corrected chi connectivity index (χ4v) is 1.92. The zero-order valence-corrected chi connectivity index (χ0v) is 13.0. The lowest BCUT2D eigenvalue weighted by molar-refractivity contribution is 0.0593. The summed E-state index contributed by atoms with van der Waals surface area (Å²) in [4.78, 5) is 24.0. The molecular weight excluding hydrogens is 300 g/mol. The van der Waals surface area contributed by atoms with E-state index in [9.17, 15) is 9.59 Å². The van der Waals surface area contributed by atoms with Gasteiger partial charge in [0.15, 0.2) is 0 Å². The third-order valence-electron chi connectivity index (χ3n) is 3.08. The molecule has 0 saturated heterocycles.